The number of anilines is 1. The minimum absolute atomic E-state index is 0.0969. The Labute approximate surface area is 197 Å². The molecule has 0 bridgehead atoms. The number of nitrogens with zero attached hydrogens (tertiary/aromatic N) is 2. The van der Waals surface area contributed by atoms with Gasteiger partial charge in [-0.3, -0.25) is 9.79 Å². The van der Waals surface area contributed by atoms with Crippen LogP contribution in [0.5, 0.6) is 0 Å². The summed E-state index contributed by atoms with van der Waals surface area (Å²) in [7, 11) is 0. The highest BCUT2D eigenvalue weighted by molar-refractivity contribution is 8.14. The molecule has 1 N–H and O–H groups in total. The number of aliphatic imine (C=N–C) groups is 2. The molecule has 6 heteroatoms. The van der Waals surface area contributed by atoms with Gasteiger partial charge >= 0.3 is 0 Å². The number of benzene rings is 3. The summed E-state index contributed by atoms with van der Waals surface area (Å²) in [6.07, 6.45) is 0.574. The third kappa shape index (κ3) is 5.29. The molecule has 0 aliphatic carbocycles. The van der Waals surface area contributed by atoms with Crippen molar-refractivity contribution in [3.05, 3.63) is 87.9 Å². The van der Waals surface area contributed by atoms with E-state index in [0.717, 1.165) is 33.3 Å². The molecule has 162 valence electrons. The van der Waals surface area contributed by atoms with Gasteiger partial charge in [0.25, 0.3) is 0 Å². The Kier molecular flexibility index (Phi) is 6.77. The van der Waals surface area contributed by atoms with Gasteiger partial charge in [-0.25, -0.2) is 4.99 Å². The monoisotopic (exact) mass is 461 g/mol. The second kappa shape index (κ2) is 9.72. The van der Waals surface area contributed by atoms with Gasteiger partial charge in [-0.05, 0) is 67.3 Å². The summed E-state index contributed by atoms with van der Waals surface area (Å²) >= 11 is 7.61. The number of rotatable bonds is 4. The van der Waals surface area contributed by atoms with Crippen LogP contribution in [0, 0.1) is 20.8 Å². The predicted octanol–water partition coefficient (Wildman–Crippen LogP) is 7.19. The maximum absolute atomic E-state index is 12.6. The fourth-order valence-corrected chi connectivity index (χ4v) is 4.32. The van der Waals surface area contributed by atoms with Crippen LogP contribution in [0.2, 0.25) is 5.02 Å². The van der Waals surface area contributed by atoms with Gasteiger partial charge in [0.2, 0.25) is 5.91 Å². The van der Waals surface area contributed by atoms with Crippen LogP contribution in [0.3, 0.4) is 0 Å². The maximum Gasteiger partial charge on any atom is 0.234 e. The Bertz CT molecular complexity index is 1240. The number of halogens is 1. The molecule has 3 aromatic rings. The van der Waals surface area contributed by atoms with E-state index in [9.17, 15) is 4.79 Å². The third-order valence-corrected chi connectivity index (χ3v) is 6.73. The van der Waals surface area contributed by atoms with Gasteiger partial charge < -0.3 is 5.32 Å². The molecule has 0 unspecified atom stereocenters. The second-order valence-corrected chi connectivity index (χ2v) is 9.29. The first kappa shape index (κ1) is 22.3. The highest BCUT2D eigenvalue weighted by Crippen LogP contribution is 2.36. The molecule has 1 aliphatic heterocycles. The molecule has 4 rings (SSSR count). The Morgan fingerprint density at radius 2 is 1.62 bits per heavy atom. The van der Waals surface area contributed by atoms with Crippen molar-refractivity contribution in [2.75, 3.05) is 11.1 Å². The number of nitrogens with one attached hydrogen (secondary N) is 1. The number of carbonyl (C=O) groups is 1. The summed E-state index contributed by atoms with van der Waals surface area (Å²) in [5.74, 6) is 0.160. The Balaban J connectivity index is 1.56. The van der Waals surface area contributed by atoms with Crippen LogP contribution in [0.4, 0.5) is 17.1 Å². The van der Waals surface area contributed by atoms with Gasteiger partial charge in [0.05, 0.1) is 27.9 Å². The maximum atomic E-state index is 12.6. The summed E-state index contributed by atoms with van der Waals surface area (Å²) in [5.41, 5.74) is 7.73. The molecule has 32 heavy (non-hydrogen) atoms. The lowest BCUT2D eigenvalue weighted by molar-refractivity contribution is -0.113. The molecule has 1 heterocycles. The van der Waals surface area contributed by atoms with Crippen LogP contribution < -0.4 is 5.32 Å². The molecule has 1 amide bonds. The van der Waals surface area contributed by atoms with Crippen molar-refractivity contribution in [2.45, 2.75) is 27.2 Å². The minimum atomic E-state index is -0.0969. The van der Waals surface area contributed by atoms with Crippen molar-refractivity contribution >= 4 is 57.1 Å². The standard InChI is InChI=1S/C26H24ClN3OS/c1-16-9-10-20(13-21(16)27)28-25(31)15-32-26-14-22(19-7-5-4-6-8-19)29-23-11-17(2)18(3)12-24(23)30-26/h4-13H,14-15H2,1-3H3,(H,28,31). The van der Waals surface area contributed by atoms with Crippen molar-refractivity contribution in [3.8, 4) is 0 Å². The average Bonchev–Trinajstić information content (AvgIpc) is 2.95. The van der Waals surface area contributed by atoms with Crippen LogP contribution in [0.15, 0.2) is 70.6 Å². The van der Waals surface area contributed by atoms with Gasteiger partial charge in [-0.1, -0.05) is 48.0 Å². The second-order valence-electron chi connectivity index (χ2n) is 7.83. The summed E-state index contributed by atoms with van der Waals surface area (Å²) in [6, 6.07) is 19.8. The van der Waals surface area contributed by atoms with E-state index >= 15 is 0 Å². The van der Waals surface area contributed by atoms with Gasteiger partial charge in [0.1, 0.15) is 0 Å². The van der Waals surface area contributed by atoms with Crippen LogP contribution >= 0.6 is 23.4 Å². The van der Waals surface area contributed by atoms with E-state index < -0.39 is 0 Å². The molecule has 0 atom stereocenters. The van der Waals surface area contributed by atoms with E-state index in [0.29, 0.717) is 17.1 Å². The molecular weight excluding hydrogens is 438 g/mol. The van der Waals surface area contributed by atoms with Crippen molar-refractivity contribution < 1.29 is 4.79 Å². The first-order valence-electron chi connectivity index (χ1n) is 10.4. The lowest BCUT2D eigenvalue weighted by Gasteiger charge is -2.09. The molecular formula is C26H24ClN3OS. The van der Waals surface area contributed by atoms with E-state index in [4.69, 9.17) is 21.6 Å². The molecule has 0 aromatic heterocycles. The van der Waals surface area contributed by atoms with E-state index in [1.165, 1.54) is 22.9 Å². The molecule has 0 radical (unpaired) electrons. The van der Waals surface area contributed by atoms with Crippen LogP contribution in [-0.2, 0) is 4.79 Å². The molecule has 0 saturated heterocycles. The highest BCUT2D eigenvalue weighted by atomic mass is 35.5. The van der Waals surface area contributed by atoms with E-state index in [1.54, 1.807) is 6.07 Å². The zero-order chi connectivity index (χ0) is 22.7. The number of aryl methyl sites for hydroxylation is 3. The van der Waals surface area contributed by atoms with Crippen LogP contribution in [-0.4, -0.2) is 22.4 Å². The number of hydrogen-bond donors (Lipinski definition) is 1. The average molecular weight is 462 g/mol. The van der Waals surface area contributed by atoms with Gasteiger partial charge in [0.15, 0.2) is 0 Å². The molecule has 0 saturated carbocycles. The normalized spacial score (nSPS) is 13.0. The highest BCUT2D eigenvalue weighted by Gasteiger charge is 2.17. The Morgan fingerprint density at radius 3 is 2.31 bits per heavy atom. The van der Waals surface area contributed by atoms with Crippen LogP contribution in [0.25, 0.3) is 0 Å². The van der Waals surface area contributed by atoms with E-state index in [2.05, 4.69) is 43.4 Å². The third-order valence-electron chi connectivity index (χ3n) is 5.34. The summed E-state index contributed by atoms with van der Waals surface area (Å²) in [4.78, 5) is 22.4. The quantitative estimate of drug-likeness (QED) is 0.446. The Morgan fingerprint density at radius 1 is 0.938 bits per heavy atom. The van der Waals surface area contributed by atoms with Gasteiger partial charge in [-0.2, -0.15) is 0 Å². The molecule has 0 spiro atoms. The molecule has 4 nitrogen and oxygen atoms in total. The number of hydrogen-bond acceptors (Lipinski definition) is 4. The molecule has 3 aromatic carbocycles. The first-order chi connectivity index (χ1) is 15.4. The topological polar surface area (TPSA) is 53.8 Å². The fourth-order valence-electron chi connectivity index (χ4n) is 3.36. The summed E-state index contributed by atoms with van der Waals surface area (Å²) < 4.78 is 0. The van der Waals surface area contributed by atoms with Crippen molar-refractivity contribution in [1.29, 1.82) is 0 Å². The number of carbonyl (C=O) groups excluding carboxylic acids is 1. The van der Waals surface area contributed by atoms with E-state index in [-0.39, 0.29) is 11.7 Å². The number of amides is 1. The summed E-state index contributed by atoms with van der Waals surface area (Å²) in [6.45, 7) is 6.09. The SMILES string of the molecule is Cc1cc2c(cc1C)N=C(c1ccccc1)CC(SCC(=O)Nc1ccc(C)c(Cl)c1)=N2. The largest absolute Gasteiger partial charge is 0.325 e. The lowest BCUT2D eigenvalue weighted by Crippen LogP contribution is -2.16. The minimum Gasteiger partial charge on any atom is -0.325 e. The van der Waals surface area contributed by atoms with Crippen molar-refractivity contribution in [2.24, 2.45) is 9.98 Å². The number of fused-ring (bicyclic) bond motifs is 1. The Hall–Kier alpha value is -2.89. The smallest absolute Gasteiger partial charge is 0.234 e. The summed E-state index contributed by atoms with van der Waals surface area (Å²) in [5, 5.41) is 4.42. The molecule has 0 fully saturated rings. The number of thioether (sulfide) groups is 1. The predicted molar refractivity (Wildman–Crippen MR) is 138 cm³/mol. The van der Waals surface area contributed by atoms with E-state index in [1.807, 2.05) is 37.3 Å². The lowest BCUT2D eigenvalue weighted by atomic mass is 10.1. The zero-order valence-corrected chi connectivity index (χ0v) is 19.8. The van der Waals surface area contributed by atoms with Crippen LogP contribution in [0.1, 0.15) is 28.7 Å². The molecule has 1 aliphatic rings. The van der Waals surface area contributed by atoms with Gasteiger partial charge in [-0.15, -0.1) is 11.8 Å². The van der Waals surface area contributed by atoms with Gasteiger partial charge in [0, 0.05) is 17.1 Å². The van der Waals surface area contributed by atoms with Crippen molar-refractivity contribution in [3.63, 3.8) is 0 Å². The fraction of sp³-hybridized carbons (Fsp3) is 0.192. The first-order valence-corrected chi connectivity index (χ1v) is 11.8. The van der Waals surface area contributed by atoms with Crippen molar-refractivity contribution in [1.82, 2.24) is 0 Å². The zero-order valence-electron chi connectivity index (χ0n) is 18.3.